The lowest BCUT2D eigenvalue weighted by Crippen LogP contribution is -2.43. The zero-order valence-corrected chi connectivity index (χ0v) is 16.7. The lowest BCUT2D eigenvalue weighted by atomic mass is 10.1. The van der Waals surface area contributed by atoms with Crippen molar-refractivity contribution in [1.82, 2.24) is 19.3 Å². The number of nitrogens with zero attached hydrogens (tertiary/aromatic N) is 3. The van der Waals surface area contributed by atoms with E-state index >= 15 is 0 Å². The minimum atomic E-state index is -4.83. The predicted molar refractivity (Wildman–Crippen MR) is 104 cm³/mol. The summed E-state index contributed by atoms with van der Waals surface area (Å²) in [6.07, 6.45) is -4.80. The van der Waals surface area contributed by atoms with Crippen molar-refractivity contribution in [2.45, 2.75) is 31.1 Å². The lowest BCUT2D eigenvalue weighted by Gasteiger charge is -2.18. The number of fused-ring (bicyclic) bond motifs is 1. The van der Waals surface area contributed by atoms with Crippen molar-refractivity contribution < 1.29 is 33.8 Å². The molecule has 1 aromatic carbocycles. The molecular weight excluding hydrogens is 435 g/mol. The highest BCUT2D eigenvalue weighted by molar-refractivity contribution is 7.46. The SMILES string of the molecule is O=c1ccn([C@@H]2O[C@H](COP(=O)(O)O)[C@H](O)C2O)c(=O)n1Cc1n[nH]c2ccccc12. The van der Waals surface area contributed by atoms with Crippen LogP contribution in [0.3, 0.4) is 0 Å². The Hall–Kier alpha value is -2.64. The van der Waals surface area contributed by atoms with Crippen LogP contribution in [-0.2, 0) is 20.4 Å². The number of phosphoric acid groups is 1. The van der Waals surface area contributed by atoms with Gasteiger partial charge in [-0.3, -0.25) is 23.6 Å². The standard InChI is InChI=1S/C17H19N4O9P/c22-13-5-6-20(16-15(24)14(23)12(30-16)8-29-31(26,27)28)17(25)21(13)7-11-9-3-1-2-4-10(9)18-19-11/h1-6,12,14-16,23-24H,7-8H2,(H,18,19)(H2,26,27,28)/t12-,14+,15?,16-/m1/s1. The Kier molecular flexibility index (Phi) is 5.66. The Labute approximate surface area is 173 Å². The Morgan fingerprint density at radius 3 is 2.65 bits per heavy atom. The Morgan fingerprint density at radius 1 is 1.16 bits per heavy atom. The summed E-state index contributed by atoms with van der Waals surface area (Å²) in [5.74, 6) is 0. The van der Waals surface area contributed by atoms with Crippen LogP contribution in [0.4, 0.5) is 0 Å². The van der Waals surface area contributed by atoms with Crippen LogP contribution < -0.4 is 11.2 Å². The summed E-state index contributed by atoms with van der Waals surface area (Å²) >= 11 is 0. The van der Waals surface area contributed by atoms with Crippen molar-refractivity contribution in [2.75, 3.05) is 6.61 Å². The van der Waals surface area contributed by atoms with E-state index in [2.05, 4.69) is 14.7 Å². The molecule has 0 bridgehead atoms. The third kappa shape index (κ3) is 4.25. The third-order valence-electron chi connectivity index (χ3n) is 4.97. The maximum Gasteiger partial charge on any atom is 0.469 e. The maximum absolute atomic E-state index is 13.0. The van der Waals surface area contributed by atoms with Gasteiger partial charge < -0.3 is 24.7 Å². The average molecular weight is 454 g/mol. The van der Waals surface area contributed by atoms with Crippen LogP contribution in [0.5, 0.6) is 0 Å². The summed E-state index contributed by atoms with van der Waals surface area (Å²) in [6, 6.07) is 8.27. The fourth-order valence-corrected chi connectivity index (χ4v) is 3.77. The lowest BCUT2D eigenvalue weighted by molar-refractivity contribution is -0.0548. The quantitative estimate of drug-likeness (QED) is 0.279. The fraction of sp³-hybridized carbons (Fsp3) is 0.353. The molecule has 166 valence electrons. The molecule has 0 amide bonds. The van der Waals surface area contributed by atoms with Gasteiger partial charge >= 0.3 is 13.5 Å². The molecule has 2 aromatic heterocycles. The number of phosphoric ester groups is 1. The van der Waals surface area contributed by atoms with Gasteiger partial charge in [0.05, 0.1) is 24.4 Å². The molecule has 0 aliphatic carbocycles. The number of nitrogens with one attached hydrogen (secondary N) is 1. The first-order valence-corrected chi connectivity index (χ1v) is 10.6. The molecule has 3 heterocycles. The second-order valence-corrected chi connectivity index (χ2v) is 8.22. The molecule has 4 atom stereocenters. The largest absolute Gasteiger partial charge is 0.469 e. The zero-order chi connectivity index (χ0) is 22.3. The predicted octanol–water partition coefficient (Wildman–Crippen LogP) is -1.34. The van der Waals surface area contributed by atoms with Crippen LogP contribution in [0.1, 0.15) is 11.9 Å². The van der Waals surface area contributed by atoms with Crippen LogP contribution in [0.25, 0.3) is 10.9 Å². The molecule has 1 saturated heterocycles. The third-order valence-corrected chi connectivity index (χ3v) is 5.46. The molecule has 14 heteroatoms. The highest BCUT2D eigenvalue weighted by Gasteiger charge is 2.45. The number of hydrogen-bond donors (Lipinski definition) is 5. The van der Waals surface area contributed by atoms with Crippen molar-refractivity contribution in [1.29, 1.82) is 0 Å². The van der Waals surface area contributed by atoms with E-state index in [1.54, 1.807) is 18.2 Å². The zero-order valence-electron chi connectivity index (χ0n) is 15.8. The normalized spacial score (nSPS) is 24.1. The van der Waals surface area contributed by atoms with Gasteiger partial charge in [-0.2, -0.15) is 5.10 Å². The van der Waals surface area contributed by atoms with Gasteiger partial charge in [0, 0.05) is 17.6 Å². The van der Waals surface area contributed by atoms with Crippen LogP contribution >= 0.6 is 7.82 Å². The first-order valence-electron chi connectivity index (χ1n) is 9.11. The van der Waals surface area contributed by atoms with Gasteiger partial charge in [-0.15, -0.1) is 0 Å². The molecule has 1 unspecified atom stereocenters. The average Bonchev–Trinajstić information content (AvgIpc) is 3.25. The number of benzene rings is 1. The number of aliphatic hydroxyl groups is 2. The smallest absolute Gasteiger partial charge is 0.387 e. The van der Waals surface area contributed by atoms with Crippen LogP contribution in [0, 0.1) is 0 Å². The summed E-state index contributed by atoms with van der Waals surface area (Å²) in [7, 11) is -4.83. The molecule has 0 radical (unpaired) electrons. The minimum absolute atomic E-state index is 0.154. The van der Waals surface area contributed by atoms with Crippen molar-refractivity contribution in [2.24, 2.45) is 0 Å². The van der Waals surface area contributed by atoms with E-state index in [4.69, 9.17) is 14.5 Å². The first kappa shape index (κ1) is 21.6. The van der Waals surface area contributed by atoms with Gasteiger partial charge in [-0.25, -0.2) is 9.36 Å². The van der Waals surface area contributed by atoms with E-state index in [0.29, 0.717) is 5.69 Å². The van der Waals surface area contributed by atoms with E-state index in [1.807, 2.05) is 6.07 Å². The van der Waals surface area contributed by atoms with Crippen LogP contribution in [-0.4, -0.2) is 64.3 Å². The highest BCUT2D eigenvalue weighted by atomic mass is 31.2. The van der Waals surface area contributed by atoms with Crippen molar-refractivity contribution in [3.8, 4) is 0 Å². The number of aromatic nitrogens is 4. The number of rotatable bonds is 6. The Balaban J connectivity index is 1.64. The van der Waals surface area contributed by atoms with Gasteiger partial charge in [0.25, 0.3) is 5.56 Å². The molecule has 0 saturated carbocycles. The van der Waals surface area contributed by atoms with Crippen LogP contribution in [0.2, 0.25) is 0 Å². The topological polar surface area (TPSA) is 189 Å². The number of H-pyrrole nitrogens is 1. The van der Waals surface area contributed by atoms with E-state index in [-0.39, 0.29) is 6.54 Å². The van der Waals surface area contributed by atoms with E-state index in [1.165, 1.54) is 0 Å². The second kappa shape index (κ2) is 8.13. The second-order valence-electron chi connectivity index (χ2n) is 6.98. The highest BCUT2D eigenvalue weighted by Crippen LogP contribution is 2.38. The maximum atomic E-state index is 13.0. The van der Waals surface area contributed by atoms with Crippen molar-refractivity contribution in [3.63, 3.8) is 0 Å². The number of para-hydroxylation sites is 1. The van der Waals surface area contributed by atoms with Gasteiger partial charge in [0.15, 0.2) is 6.23 Å². The molecule has 3 aromatic rings. The molecule has 4 rings (SSSR count). The minimum Gasteiger partial charge on any atom is -0.387 e. The number of aliphatic hydroxyl groups excluding tert-OH is 2. The van der Waals surface area contributed by atoms with Crippen molar-refractivity contribution in [3.05, 3.63) is 63.1 Å². The molecule has 1 fully saturated rings. The Morgan fingerprint density at radius 2 is 1.90 bits per heavy atom. The molecule has 31 heavy (non-hydrogen) atoms. The molecule has 13 nitrogen and oxygen atoms in total. The monoisotopic (exact) mass is 454 g/mol. The first-order chi connectivity index (χ1) is 14.7. The fourth-order valence-electron chi connectivity index (χ4n) is 3.43. The molecule has 0 spiro atoms. The molecular formula is C17H19N4O9P. The van der Waals surface area contributed by atoms with E-state index in [0.717, 1.165) is 32.3 Å². The summed E-state index contributed by atoms with van der Waals surface area (Å²) in [5.41, 5.74) is -0.254. The van der Waals surface area contributed by atoms with E-state index < -0.39 is 50.2 Å². The molecule has 5 N–H and O–H groups in total. The van der Waals surface area contributed by atoms with Gasteiger partial charge in [0.2, 0.25) is 0 Å². The number of aromatic amines is 1. The Bertz CT molecular complexity index is 1260. The number of ether oxygens (including phenoxy) is 1. The van der Waals surface area contributed by atoms with Crippen molar-refractivity contribution >= 4 is 18.7 Å². The summed E-state index contributed by atoms with van der Waals surface area (Å²) in [4.78, 5) is 42.9. The summed E-state index contributed by atoms with van der Waals surface area (Å²) < 4.78 is 22.4. The number of hydrogen-bond acceptors (Lipinski definition) is 8. The van der Waals surface area contributed by atoms with Gasteiger partial charge in [-0.1, -0.05) is 18.2 Å². The molecule has 1 aliphatic heterocycles. The summed E-state index contributed by atoms with van der Waals surface area (Å²) in [6.45, 7) is -0.870. The van der Waals surface area contributed by atoms with E-state index in [9.17, 15) is 24.4 Å². The van der Waals surface area contributed by atoms with Gasteiger partial charge in [-0.05, 0) is 6.07 Å². The molecule has 1 aliphatic rings. The summed E-state index contributed by atoms with van der Waals surface area (Å²) in [5, 5.41) is 28.1. The van der Waals surface area contributed by atoms with Gasteiger partial charge in [0.1, 0.15) is 18.3 Å². The van der Waals surface area contributed by atoms with Crippen LogP contribution in [0.15, 0.2) is 46.1 Å².